The molecular formula is C10H7N2O2-. The maximum atomic E-state index is 10.6. The van der Waals surface area contributed by atoms with Crippen LogP contribution in [-0.4, -0.2) is 16.2 Å². The Balaban J connectivity index is 2.46. The van der Waals surface area contributed by atoms with E-state index >= 15 is 0 Å². The summed E-state index contributed by atoms with van der Waals surface area (Å²) in [6.07, 6.45) is 1.61. The van der Waals surface area contributed by atoms with Gasteiger partial charge in [0.15, 0.2) is 0 Å². The molecule has 0 aliphatic heterocycles. The molecule has 4 nitrogen and oxygen atoms in total. The molecule has 0 aliphatic rings. The lowest BCUT2D eigenvalue weighted by molar-refractivity contribution is -0.255. The predicted octanol–water partition coefficient (Wildman–Crippen LogP) is 0.440. The van der Waals surface area contributed by atoms with Gasteiger partial charge in [0.2, 0.25) is 0 Å². The molecule has 4 heteroatoms. The summed E-state index contributed by atoms with van der Waals surface area (Å²) in [6.45, 7) is 0. The number of carboxylic acid groups (broad SMARTS) is 1. The Morgan fingerprint density at radius 3 is 2.86 bits per heavy atom. The molecule has 0 bridgehead atoms. The lowest BCUT2D eigenvalue weighted by atomic mass is 10.1. The lowest BCUT2D eigenvalue weighted by Crippen LogP contribution is -2.22. The highest BCUT2D eigenvalue weighted by Crippen LogP contribution is 2.16. The van der Waals surface area contributed by atoms with E-state index < -0.39 is 5.97 Å². The van der Waals surface area contributed by atoms with Crippen LogP contribution in [0, 0.1) is 0 Å². The lowest BCUT2D eigenvalue weighted by Gasteiger charge is -2.03. The van der Waals surface area contributed by atoms with Gasteiger partial charge in [-0.3, -0.25) is 5.10 Å². The minimum Gasteiger partial charge on any atom is -0.545 e. The number of carboxylic acids is 1. The summed E-state index contributed by atoms with van der Waals surface area (Å²) in [5.74, 6) is -1.17. The van der Waals surface area contributed by atoms with Crippen molar-refractivity contribution in [3.63, 3.8) is 0 Å². The van der Waals surface area contributed by atoms with E-state index in [0.717, 1.165) is 11.3 Å². The van der Waals surface area contributed by atoms with Crippen LogP contribution in [-0.2, 0) is 0 Å². The molecule has 0 atom stereocenters. The highest BCUT2D eigenvalue weighted by atomic mass is 16.4. The van der Waals surface area contributed by atoms with Crippen LogP contribution in [0.5, 0.6) is 0 Å². The molecule has 2 rings (SSSR count). The molecule has 0 unspecified atom stereocenters. The van der Waals surface area contributed by atoms with Crippen molar-refractivity contribution in [1.82, 2.24) is 10.2 Å². The van der Waals surface area contributed by atoms with Gasteiger partial charge in [-0.05, 0) is 17.7 Å². The second kappa shape index (κ2) is 3.33. The molecular weight excluding hydrogens is 180 g/mol. The Hall–Kier alpha value is -2.10. The van der Waals surface area contributed by atoms with Crippen molar-refractivity contribution < 1.29 is 9.90 Å². The number of rotatable bonds is 2. The molecule has 0 saturated carbocycles. The quantitative estimate of drug-likeness (QED) is 0.741. The number of carbonyl (C=O) groups excluding carboxylic acids is 1. The third-order valence-electron chi connectivity index (χ3n) is 1.91. The van der Waals surface area contributed by atoms with Crippen molar-refractivity contribution >= 4 is 5.97 Å². The molecule has 0 radical (unpaired) electrons. The summed E-state index contributed by atoms with van der Waals surface area (Å²) >= 11 is 0. The smallest absolute Gasteiger partial charge is 0.0715 e. The molecule has 70 valence electrons. The van der Waals surface area contributed by atoms with Crippen LogP contribution in [0.1, 0.15) is 10.4 Å². The van der Waals surface area contributed by atoms with E-state index in [1.807, 2.05) is 0 Å². The van der Waals surface area contributed by atoms with E-state index in [0.29, 0.717) is 0 Å². The molecule has 1 aromatic heterocycles. The molecule has 1 aromatic carbocycles. The van der Waals surface area contributed by atoms with E-state index in [1.165, 1.54) is 6.07 Å². The number of benzene rings is 1. The topological polar surface area (TPSA) is 68.8 Å². The number of aromatic amines is 1. The second-order valence-corrected chi connectivity index (χ2v) is 2.84. The maximum Gasteiger partial charge on any atom is 0.0715 e. The van der Waals surface area contributed by atoms with E-state index in [2.05, 4.69) is 10.2 Å². The fourth-order valence-electron chi connectivity index (χ4n) is 1.23. The SMILES string of the molecule is O=C([O-])c1cccc(-c2ccn[nH]2)c1. The molecule has 1 heterocycles. The van der Waals surface area contributed by atoms with Crippen LogP contribution in [0.4, 0.5) is 0 Å². The zero-order valence-corrected chi connectivity index (χ0v) is 7.23. The number of nitrogens with one attached hydrogen (secondary N) is 1. The first kappa shape index (κ1) is 8.50. The van der Waals surface area contributed by atoms with Gasteiger partial charge in [-0.15, -0.1) is 0 Å². The van der Waals surface area contributed by atoms with Gasteiger partial charge in [-0.1, -0.05) is 18.2 Å². The van der Waals surface area contributed by atoms with Crippen molar-refractivity contribution in [3.8, 4) is 11.3 Å². The van der Waals surface area contributed by atoms with E-state index in [1.54, 1.807) is 30.5 Å². The monoisotopic (exact) mass is 187 g/mol. The van der Waals surface area contributed by atoms with Gasteiger partial charge in [0, 0.05) is 11.8 Å². The van der Waals surface area contributed by atoms with Crippen LogP contribution in [0.15, 0.2) is 36.5 Å². The Morgan fingerprint density at radius 1 is 1.36 bits per heavy atom. The zero-order valence-electron chi connectivity index (χ0n) is 7.23. The van der Waals surface area contributed by atoms with Crippen LogP contribution >= 0.6 is 0 Å². The first-order valence-corrected chi connectivity index (χ1v) is 4.08. The van der Waals surface area contributed by atoms with Gasteiger partial charge in [-0.2, -0.15) is 5.10 Å². The van der Waals surface area contributed by atoms with Crippen LogP contribution < -0.4 is 5.11 Å². The summed E-state index contributed by atoms with van der Waals surface area (Å²) in [6, 6.07) is 8.29. The molecule has 0 amide bonds. The van der Waals surface area contributed by atoms with Crippen molar-refractivity contribution in [1.29, 1.82) is 0 Å². The van der Waals surface area contributed by atoms with Crippen molar-refractivity contribution in [2.45, 2.75) is 0 Å². The molecule has 0 spiro atoms. The number of aromatic carboxylic acids is 1. The first-order chi connectivity index (χ1) is 6.77. The largest absolute Gasteiger partial charge is 0.545 e. The highest BCUT2D eigenvalue weighted by molar-refractivity contribution is 5.87. The molecule has 0 aliphatic carbocycles. The summed E-state index contributed by atoms with van der Waals surface area (Å²) in [7, 11) is 0. The van der Waals surface area contributed by atoms with Gasteiger partial charge >= 0.3 is 0 Å². The summed E-state index contributed by atoms with van der Waals surface area (Å²) in [5.41, 5.74) is 1.73. The van der Waals surface area contributed by atoms with Gasteiger partial charge in [-0.25, -0.2) is 0 Å². The highest BCUT2D eigenvalue weighted by Gasteiger charge is 2.00. The fourth-order valence-corrected chi connectivity index (χ4v) is 1.23. The van der Waals surface area contributed by atoms with Crippen LogP contribution in [0.3, 0.4) is 0 Å². The van der Waals surface area contributed by atoms with E-state index in [4.69, 9.17) is 0 Å². The number of hydrogen-bond donors (Lipinski definition) is 1. The Morgan fingerprint density at radius 2 is 2.21 bits per heavy atom. The summed E-state index contributed by atoms with van der Waals surface area (Å²) in [5, 5.41) is 17.1. The molecule has 0 saturated heterocycles. The number of carbonyl (C=O) groups is 1. The predicted molar refractivity (Wildman–Crippen MR) is 48.4 cm³/mol. The average Bonchev–Trinajstić information content (AvgIpc) is 2.71. The fraction of sp³-hybridized carbons (Fsp3) is 0. The Kier molecular flexibility index (Phi) is 2.02. The zero-order chi connectivity index (χ0) is 9.97. The maximum absolute atomic E-state index is 10.6. The van der Waals surface area contributed by atoms with Crippen molar-refractivity contribution in [2.24, 2.45) is 0 Å². The van der Waals surface area contributed by atoms with E-state index in [-0.39, 0.29) is 5.56 Å². The molecule has 1 N–H and O–H groups in total. The van der Waals surface area contributed by atoms with Gasteiger partial charge in [0.1, 0.15) is 0 Å². The second-order valence-electron chi connectivity index (χ2n) is 2.84. The van der Waals surface area contributed by atoms with Crippen molar-refractivity contribution in [3.05, 3.63) is 42.1 Å². The summed E-state index contributed by atoms with van der Waals surface area (Å²) in [4.78, 5) is 10.6. The molecule has 0 fully saturated rings. The average molecular weight is 187 g/mol. The molecule has 14 heavy (non-hydrogen) atoms. The third kappa shape index (κ3) is 1.50. The standard InChI is InChI=1S/C10H8N2O2/c13-10(14)8-3-1-2-7(6-8)9-4-5-11-12-9/h1-6H,(H,11,12)(H,13,14)/p-1. The third-order valence-corrected chi connectivity index (χ3v) is 1.91. The molecule has 2 aromatic rings. The summed E-state index contributed by atoms with van der Waals surface area (Å²) < 4.78 is 0. The normalized spacial score (nSPS) is 10.0. The van der Waals surface area contributed by atoms with Gasteiger partial charge < -0.3 is 9.90 Å². The van der Waals surface area contributed by atoms with Crippen LogP contribution in [0.2, 0.25) is 0 Å². The van der Waals surface area contributed by atoms with Gasteiger partial charge in [0.05, 0.1) is 11.7 Å². The number of H-pyrrole nitrogens is 1. The number of hydrogen-bond acceptors (Lipinski definition) is 3. The number of aromatic nitrogens is 2. The first-order valence-electron chi connectivity index (χ1n) is 4.08. The minimum absolute atomic E-state index is 0.164. The number of nitrogens with zero attached hydrogens (tertiary/aromatic N) is 1. The van der Waals surface area contributed by atoms with Gasteiger partial charge in [0.25, 0.3) is 0 Å². The van der Waals surface area contributed by atoms with E-state index in [9.17, 15) is 9.90 Å². The Bertz CT molecular complexity index is 449. The van der Waals surface area contributed by atoms with Crippen LogP contribution in [0.25, 0.3) is 11.3 Å². The van der Waals surface area contributed by atoms with Crippen molar-refractivity contribution in [2.75, 3.05) is 0 Å². The Labute approximate surface area is 80.2 Å². The minimum atomic E-state index is -1.17.